The molecule has 0 radical (unpaired) electrons. The van der Waals surface area contributed by atoms with Crippen LogP contribution in [0.5, 0.6) is 0 Å². The SMILES string of the molecule is C[C@@H]1CCCCO1. The van der Waals surface area contributed by atoms with Crippen LogP contribution < -0.4 is 0 Å². The lowest BCUT2D eigenvalue weighted by Gasteiger charge is -2.17. The Morgan fingerprint density at radius 2 is 2.29 bits per heavy atom. The molecule has 0 aromatic carbocycles. The van der Waals surface area contributed by atoms with E-state index in [-0.39, 0.29) is 0 Å². The van der Waals surface area contributed by atoms with Crippen LogP contribution in [0.4, 0.5) is 0 Å². The van der Waals surface area contributed by atoms with Gasteiger partial charge in [0.15, 0.2) is 0 Å². The van der Waals surface area contributed by atoms with Crippen LogP contribution in [0.2, 0.25) is 0 Å². The van der Waals surface area contributed by atoms with Crippen LogP contribution in [0.3, 0.4) is 0 Å². The summed E-state index contributed by atoms with van der Waals surface area (Å²) in [7, 11) is 0. The van der Waals surface area contributed by atoms with Crippen LogP contribution in [0.1, 0.15) is 26.2 Å². The van der Waals surface area contributed by atoms with E-state index in [4.69, 9.17) is 4.74 Å². The van der Waals surface area contributed by atoms with Gasteiger partial charge in [-0.25, -0.2) is 0 Å². The van der Waals surface area contributed by atoms with Crippen molar-refractivity contribution in [3.8, 4) is 0 Å². The first-order valence-corrected chi connectivity index (χ1v) is 3.01. The van der Waals surface area contributed by atoms with Gasteiger partial charge in [-0.3, -0.25) is 0 Å². The fraction of sp³-hybridized carbons (Fsp3) is 1.00. The van der Waals surface area contributed by atoms with Crippen LogP contribution in [0, 0.1) is 0 Å². The van der Waals surface area contributed by atoms with E-state index in [0.29, 0.717) is 6.10 Å². The zero-order valence-electron chi connectivity index (χ0n) is 4.81. The van der Waals surface area contributed by atoms with Crippen molar-refractivity contribution >= 4 is 0 Å². The second-order valence-electron chi connectivity index (χ2n) is 2.18. The maximum Gasteiger partial charge on any atom is 0.0547 e. The summed E-state index contributed by atoms with van der Waals surface area (Å²) in [5, 5.41) is 0. The van der Waals surface area contributed by atoms with Gasteiger partial charge in [0.2, 0.25) is 0 Å². The summed E-state index contributed by atoms with van der Waals surface area (Å²) in [6.07, 6.45) is 4.43. The second kappa shape index (κ2) is 2.31. The Kier molecular flexibility index (Phi) is 1.69. The molecule has 1 saturated heterocycles. The van der Waals surface area contributed by atoms with Crippen LogP contribution >= 0.6 is 0 Å². The molecular formula is C6H12O. The minimum absolute atomic E-state index is 0.536. The number of ether oxygens (including phenoxy) is 1. The fourth-order valence-corrected chi connectivity index (χ4v) is 0.902. The topological polar surface area (TPSA) is 9.23 Å². The number of hydrogen-bond acceptors (Lipinski definition) is 1. The highest BCUT2D eigenvalue weighted by molar-refractivity contribution is 4.55. The Labute approximate surface area is 44.7 Å². The number of hydrogen-bond donors (Lipinski definition) is 0. The molecular weight excluding hydrogens is 88.1 g/mol. The highest BCUT2D eigenvalue weighted by Gasteiger charge is 2.05. The van der Waals surface area contributed by atoms with Crippen molar-refractivity contribution in [2.75, 3.05) is 6.61 Å². The third-order valence-electron chi connectivity index (χ3n) is 1.41. The van der Waals surface area contributed by atoms with Crippen molar-refractivity contribution < 1.29 is 4.74 Å². The van der Waals surface area contributed by atoms with Crippen LogP contribution in [-0.4, -0.2) is 12.7 Å². The van der Waals surface area contributed by atoms with Gasteiger partial charge in [-0.1, -0.05) is 0 Å². The Hall–Kier alpha value is -0.0400. The summed E-state index contributed by atoms with van der Waals surface area (Å²) in [5.74, 6) is 0. The highest BCUT2D eigenvalue weighted by atomic mass is 16.5. The molecule has 0 unspecified atom stereocenters. The van der Waals surface area contributed by atoms with Crippen LogP contribution in [-0.2, 0) is 4.74 Å². The average molecular weight is 100 g/mol. The molecule has 0 aromatic heterocycles. The Balaban J connectivity index is 2.12. The lowest BCUT2D eigenvalue weighted by Crippen LogP contribution is -2.14. The van der Waals surface area contributed by atoms with E-state index in [2.05, 4.69) is 6.92 Å². The molecule has 0 amide bonds. The van der Waals surface area contributed by atoms with Gasteiger partial charge in [0.05, 0.1) is 6.10 Å². The maximum absolute atomic E-state index is 5.28. The molecule has 1 rings (SSSR count). The van der Waals surface area contributed by atoms with Crippen molar-refractivity contribution in [1.82, 2.24) is 0 Å². The molecule has 1 atom stereocenters. The molecule has 1 aliphatic heterocycles. The summed E-state index contributed by atoms with van der Waals surface area (Å²) in [6.45, 7) is 3.13. The first kappa shape index (κ1) is 5.10. The molecule has 1 heteroatoms. The van der Waals surface area contributed by atoms with Gasteiger partial charge in [-0.15, -0.1) is 0 Å². The van der Waals surface area contributed by atoms with Gasteiger partial charge in [-0.05, 0) is 26.2 Å². The molecule has 42 valence electrons. The monoisotopic (exact) mass is 100 g/mol. The average Bonchev–Trinajstić information content (AvgIpc) is 1.69. The Morgan fingerprint density at radius 3 is 2.57 bits per heavy atom. The zero-order valence-corrected chi connectivity index (χ0v) is 4.81. The molecule has 1 nitrogen and oxygen atoms in total. The maximum atomic E-state index is 5.28. The van der Waals surface area contributed by atoms with E-state index < -0.39 is 0 Å². The quantitative estimate of drug-likeness (QED) is 0.449. The van der Waals surface area contributed by atoms with Gasteiger partial charge < -0.3 is 4.74 Å². The standard InChI is InChI=1S/C6H12O/c1-6-4-2-3-5-7-6/h6H,2-5H2,1H3/t6-/m1/s1. The molecule has 0 aliphatic carbocycles. The number of rotatable bonds is 0. The minimum Gasteiger partial charge on any atom is -0.379 e. The van der Waals surface area contributed by atoms with Crippen molar-refractivity contribution in [2.24, 2.45) is 0 Å². The Morgan fingerprint density at radius 1 is 1.43 bits per heavy atom. The summed E-state index contributed by atoms with van der Waals surface area (Å²) in [6, 6.07) is 0. The minimum atomic E-state index is 0.536. The van der Waals surface area contributed by atoms with E-state index in [1.165, 1.54) is 19.3 Å². The van der Waals surface area contributed by atoms with Gasteiger partial charge in [0.25, 0.3) is 0 Å². The van der Waals surface area contributed by atoms with E-state index in [9.17, 15) is 0 Å². The summed E-state index contributed by atoms with van der Waals surface area (Å²) in [5.41, 5.74) is 0. The molecule has 0 aromatic rings. The highest BCUT2D eigenvalue weighted by Crippen LogP contribution is 2.10. The molecule has 1 aliphatic rings. The van der Waals surface area contributed by atoms with Crippen LogP contribution in [0.15, 0.2) is 0 Å². The molecule has 0 spiro atoms. The largest absolute Gasteiger partial charge is 0.379 e. The molecule has 0 bridgehead atoms. The van der Waals surface area contributed by atoms with E-state index in [1.54, 1.807) is 0 Å². The molecule has 0 saturated carbocycles. The normalized spacial score (nSPS) is 33.0. The molecule has 7 heavy (non-hydrogen) atoms. The lowest BCUT2D eigenvalue weighted by atomic mass is 10.1. The second-order valence-corrected chi connectivity index (χ2v) is 2.18. The summed E-state index contributed by atoms with van der Waals surface area (Å²) in [4.78, 5) is 0. The third kappa shape index (κ3) is 1.48. The third-order valence-corrected chi connectivity index (χ3v) is 1.41. The van der Waals surface area contributed by atoms with Gasteiger partial charge >= 0.3 is 0 Å². The smallest absolute Gasteiger partial charge is 0.0547 e. The fourth-order valence-electron chi connectivity index (χ4n) is 0.902. The first-order chi connectivity index (χ1) is 3.39. The molecule has 1 fully saturated rings. The van der Waals surface area contributed by atoms with Crippen molar-refractivity contribution in [2.45, 2.75) is 32.3 Å². The first-order valence-electron chi connectivity index (χ1n) is 3.01. The van der Waals surface area contributed by atoms with E-state index in [1.807, 2.05) is 0 Å². The molecule has 0 N–H and O–H groups in total. The van der Waals surface area contributed by atoms with Gasteiger partial charge in [-0.2, -0.15) is 0 Å². The van der Waals surface area contributed by atoms with Crippen LogP contribution in [0.25, 0.3) is 0 Å². The Bertz CT molecular complexity index is 46.1. The van der Waals surface area contributed by atoms with E-state index >= 15 is 0 Å². The van der Waals surface area contributed by atoms with E-state index in [0.717, 1.165) is 6.61 Å². The van der Waals surface area contributed by atoms with Gasteiger partial charge in [0.1, 0.15) is 0 Å². The predicted molar refractivity (Wildman–Crippen MR) is 29.3 cm³/mol. The van der Waals surface area contributed by atoms with Crippen molar-refractivity contribution in [3.05, 3.63) is 0 Å². The molecule has 1 heterocycles. The van der Waals surface area contributed by atoms with Crippen molar-refractivity contribution in [3.63, 3.8) is 0 Å². The van der Waals surface area contributed by atoms with Gasteiger partial charge in [0, 0.05) is 6.61 Å². The zero-order chi connectivity index (χ0) is 5.11. The predicted octanol–water partition coefficient (Wildman–Crippen LogP) is 1.58. The summed E-state index contributed by atoms with van der Waals surface area (Å²) < 4.78 is 5.28. The summed E-state index contributed by atoms with van der Waals surface area (Å²) >= 11 is 0. The lowest BCUT2D eigenvalue weighted by molar-refractivity contribution is 0.0285. The van der Waals surface area contributed by atoms with Crippen molar-refractivity contribution in [1.29, 1.82) is 0 Å².